The second kappa shape index (κ2) is 8.22. The van der Waals surface area contributed by atoms with Gasteiger partial charge in [-0.25, -0.2) is 0 Å². The van der Waals surface area contributed by atoms with Crippen molar-refractivity contribution in [3.63, 3.8) is 0 Å². The number of hydrogen-bond donors (Lipinski definition) is 2. The lowest BCUT2D eigenvalue weighted by Crippen LogP contribution is -2.43. The molecule has 0 radical (unpaired) electrons. The molecule has 0 spiro atoms. The Morgan fingerprint density at radius 1 is 0.714 bits per heavy atom. The number of hydrogen-bond acceptors (Lipinski definition) is 3. The summed E-state index contributed by atoms with van der Waals surface area (Å²) < 4.78 is 0. The van der Waals surface area contributed by atoms with Crippen molar-refractivity contribution in [2.75, 3.05) is 0 Å². The fraction of sp³-hybridized carbons (Fsp3) is 0.200. The molecule has 0 heterocycles. The molecule has 0 bridgehead atoms. The monoisotopic (exact) mass is 369 g/mol. The first-order valence-electron chi connectivity index (χ1n) is 9.51. The van der Waals surface area contributed by atoms with Crippen LogP contribution >= 0.6 is 0 Å². The molecule has 142 valence electrons. The molecule has 0 aromatic heterocycles. The van der Waals surface area contributed by atoms with Crippen molar-refractivity contribution in [2.45, 2.75) is 26.3 Å². The first-order chi connectivity index (χ1) is 13.5. The normalized spacial score (nSPS) is 12.5. The van der Waals surface area contributed by atoms with E-state index >= 15 is 0 Å². The molecule has 0 fully saturated rings. The van der Waals surface area contributed by atoms with E-state index in [2.05, 4.69) is 62.6 Å². The SMILES string of the molecule is CC(C)(C)/C(C=N)=N/NC(c1ccccc1)(c1ccccc1)c1ccccc1. The molecule has 0 aliphatic heterocycles. The van der Waals surface area contributed by atoms with E-state index in [0.717, 1.165) is 16.7 Å². The third-order valence-electron chi connectivity index (χ3n) is 4.87. The summed E-state index contributed by atoms with van der Waals surface area (Å²) in [5.41, 5.74) is 6.55. The fourth-order valence-corrected chi connectivity index (χ4v) is 3.32. The summed E-state index contributed by atoms with van der Waals surface area (Å²) in [5, 5.41) is 12.6. The average Bonchev–Trinajstić information content (AvgIpc) is 2.72. The molecule has 0 saturated carbocycles. The van der Waals surface area contributed by atoms with Crippen molar-refractivity contribution in [3.8, 4) is 0 Å². The molecule has 3 nitrogen and oxygen atoms in total. The summed E-state index contributed by atoms with van der Waals surface area (Å²) in [6, 6.07) is 31.0. The Hall–Kier alpha value is -3.20. The molecular formula is C25H27N3. The van der Waals surface area contributed by atoms with Crippen LogP contribution in [0, 0.1) is 10.8 Å². The maximum absolute atomic E-state index is 7.84. The molecule has 3 aromatic rings. The zero-order chi connectivity index (χ0) is 20.0. The van der Waals surface area contributed by atoms with Gasteiger partial charge in [0, 0.05) is 11.6 Å². The highest BCUT2D eigenvalue weighted by molar-refractivity contribution is 6.31. The summed E-state index contributed by atoms with van der Waals surface area (Å²) in [5.74, 6) is 0. The number of nitrogens with zero attached hydrogens (tertiary/aromatic N) is 1. The Morgan fingerprint density at radius 3 is 1.36 bits per heavy atom. The van der Waals surface area contributed by atoms with Crippen molar-refractivity contribution < 1.29 is 0 Å². The Balaban J connectivity index is 2.28. The summed E-state index contributed by atoms with van der Waals surface area (Å²) in [6.45, 7) is 6.19. The van der Waals surface area contributed by atoms with Crippen LogP contribution in [-0.2, 0) is 5.54 Å². The second-order valence-corrected chi connectivity index (χ2v) is 7.85. The van der Waals surface area contributed by atoms with Crippen LogP contribution in [0.25, 0.3) is 0 Å². The highest BCUT2D eigenvalue weighted by Crippen LogP contribution is 2.37. The minimum absolute atomic E-state index is 0.232. The third kappa shape index (κ3) is 3.89. The van der Waals surface area contributed by atoms with Crippen LogP contribution in [0.15, 0.2) is 96.1 Å². The first kappa shape index (κ1) is 19.6. The Bertz CT molecular complexity index is 827. The van der Waals surface area contributed by atoms with E-state index in [-0.39, 0.29) is 5.41 Å². The van der Waals surface area contributed by atoms with Crippen LogP contribution in [0.2, 0.25) is 0 Å². The highest BCUT2D eigenvalue weighted by atomic mass is 15.3. The molecule has 28 heavy (non-hydrogen) atoms. The van der Waals surface area contributed by atoms with Gasteiger partial charge in [-0.15, -0.1) is 0 Å². The molecule has 0 aliphatic carbocycles. The van der Waals surface area contributed by atoms with Gasteiger partial charge < -0.3 is 5.41 Å². The van der Waals surface area contributed by atoms with Crippen LogP contribution < -0.4 is 5.43 Å². The predicted octanol–water partition coefficient (Wildman–Crippen LogP) is 5.62. The standard InChI is InChI=1S/C25H27N3/c1-24(2,3)23(19-26)27-28-25(20-13-7-4-8-14-20,21-15-9-5-10-16-21)22-17-11-6-12-18-22/h4-19,26,28H,1-3H3/b26-19?,27-23+. The molecule has 3 aromatic carbocycles. The lowest BCUT2D eigenvalue weighted by molar-refractivity contribution is 0.482. The van der Waals surface area contributed by atoms with Gasteiger partial charge in [0.1, 0.15) is 5.54 Å². The Morgan fingerprint density at radius 2 is 1.07 bits per heavy atom. The molecule has 3 heteroatoms. The minimum Gasteiger partial charge on any atom is -0.307 e. The van der Waals surface area contributed by atoms with Gasteiger partial charge in [-0.2, -0.15) is 5.10 Å². The van der Waals surface area contributed by atoms with Crippen molar-refractivity contribution in [1.29, 1.82) is 5.41 Å². The van der Waals surface area contributed by atoms with Gasteiger partial charge in [-0.05, 0) is 16.7 Å². The quantitative estimate of drug-likeness (QED) is 0.331. The molecule has 3 rings (SSSR count). The van der Waals surface area contributed by atoms with E-state index in [4.69, 9.17) is 10.5 Å². The first-order valence-corrected chi connectivity index (χ1v) is 9.51. The topological polar surface area (TPSA) is 48.2 Å². The van der Waals surface area contributed by atoms with E-state index in [0.29, 0.717) is 5.71 Å². The van der Waals surface area contributed by atoms with E-state index < -0.39 is 5.54 Å². The minimum atomic E-state index is -0.663. The summed E-state index contributed by atoms with van der Waals surface area (Å²) in [7, 11) is 0. The van der Waals surface area contributed by atoms with Gasteiger partial charge in [0.25, 0.3) is 0 Å². The van der Waals surface area contributed by atoms with Crippen LogP contribution in [0.3, 0.4) is 0 Å². The van der Waals surface area contributed by atoms with Gasteiger partial charge in [0.2, 0.25) is 0 Å². The van der Waals surface area contributed by atoms with Crippen molar-refractivity contribution in [2.24, 2.45) is 10.5 Å². The molecule has 0 amide bonds. The summed E-state index contributed by atoms with van der Waals surface area (Å²) >= 11 is 0. The zero-order valence-corrected chi connectivity index (χ0v) is 16.7. The fourth-order valence-electron chi connectivity index (χ4n) is 3.32. The summed E-state index contributed by atoms with van der Waals surface area (Å²) in [4.78, 5) is 0. The van der Waals surface area contributed by atoms with E-state index in [1.807, 2.05) is 54.6 Å². The molecular weight excluding hydrogens is 342 g/mol. The van der Waals surface area contributed by atoms with Gasteiger partial charge >= 0.3 is 0 Å². The Labute approximate surface area is 167 Å². The maximum Gasteiger partial charge on any atom is 0.130 e. The zero-order valence-electron chi connectivity index (χ0n) is 16.7. The number of rotatable bonds is 6. The van der Waals surface area contributed by atoms with Crippen LogP contribution in [-0.4, -0.2) is 11.9 Å². The van der Waals surface area contributed by atoms with E-state index in [9.17, 15) is 0 Å². The molecule has 0 atom stereocenters. The molecule has 0 unspecified atom stereocenters. The smallest absolute Gasteiger partial charge is 0.130 e. The number of benzene rings is 3. The van der Waals surface area contributed by atoms with E-state index in [1.54, 1.807) is 0 Å². The molecule has 0 aliphatic rings. The molecule has 0 saturated heterocycles. The predicted molar refractivity (Wildman–Crippen MR) is 118 cm³/mol. The van der Waals surface area contributed by atoms with Crippen LogP contribution in [0.5, 0.6) is 0 Å². The maximum atomic E-state index is 7.84. The van der Waals surface area contributed by atoms with Crippen molar-refractivity contribution in [1.82, 2.24) is 5.43 Å². The number of hydrazone groups is 1. The van der Waals surface area contributed by atoms with Crippen molar-refractivity contribution >= 4 is 11.9 Å². The van der Waals surface area contributed by atoms with Crippen LogP contribution in [0.4, 0.5) is 0 Å². The highest BCUT2D eigenvalue weighted by Gasteiger charge is 2.36. The third-order valence-corrected chi connectivity index (χ3v) is 4.87. The second-order valence-electron chi connectivity index (χ2n) is 7.85. The van der Waals surface area contributed by atoms with Gasteiger partial charge in [-0.3, -0.25) is 5.43 Å². The van der Waals surface area contributed by atoms with Crippen molar-refractivity contribution in [3.05, 3.63) is 108 Å². The van der Waals surface area contributed by atoms with E-state index in [1.165, 1.54) is 6.21 Å². The largest absolute Gasteiger partial charge is 0.307 e. The van der Waals surface area contributed by atoms with Gasteiger partial charge in [0.15, 0.2) is 0 Å². The Kier molecular flexibility index (Phi) is 5.74. The number of nitrogens with one attached hydrogen (secondary N) is 2. The molecule has 2 N–H and O–H groups in total. The van der Waals surface area contributed by atoms with Gasteiger partial charge in [0.05, 0.1) is 5.71 Å². The lowest BCUT2D eigenvalue weighted by atomic mass is 9.77. The average molecular weight is 370 g/mol. The van der Waals surface area contributed by atoms with Crippen LogP contribution in [0.1, 0.15) is 37.5 Å². The van der Waals surface area contributed by atoms with Gasteiger partial charge in [-0.1, -0.05) is 112 Å². The summed E-state index contributed by atoms with van der Waals surface area (Å²) in [6.07, 6.45) is 1.33. The lowest BCUT2D eigenvalue weighted by Gasteiger charge is -2.36.